The number of aromatic nitrogens is 1. The fourth-order valence-electron chi connectivity index (χ4n) is 2.70. The average molecular weight is 475 g/mol. The van der Waals surface area contributed by atoms with Gasteiger partial charge in [0, 0.05) is 15.9 Å². The second kappa shape index (κ2) is 9.37. The van der Waals surface area contributed by atoms with Crippen molar-refractivity contribution in [1.29, 1.82) is 0 Å². The van der Waals surface area contributed by atoms with Gasteiger partial charge in [0.05, 0.1) is 10.2 Å². The fraction of sp³-hybridized carbons (Fsp3) is 0.286. The van der Waals surface area contributed by atoms with Gasteiger partial charge in [-0.2, -0.15) is 5.10 Å². The van der Waals surface area contributed by atoms with Gasteiger partial charge in [0.25, 0.3) is 5.91 Å². The summed E-state index contributed by atoms with van der Waals surface area (Å²) >= 11 is 4.90. The molecule has 2 aromatic carbocycles. The van der Waals surface area contributed by atoms with E-state index in [1.165, 1.54) is 11.3 Å². The molecule has 0 radical (unpaired) electrons. The number of hydrazone groups is 1. The van der Waals surface area contributed by atoms with E-state index in [2.05, 4.69) is 43.7 Å². The first kappa shape index (κ1) is 21.3. The molecule has 29 heavy (non-hydrogen) atoms. The molecule has 0 atom stereocenters. The van der Waals surface area contributed by atoms with Crippen molar-refractivity contribution in [3.8, 4) is 5.75 Å². The zero-order chi connectivity index (χ0) is 21.0. The highest BCUT2D eigenvalue weighted by Crippen LogP contribution is 2.35. The summed E-state index contributed by atoms with van der Waals surface area (Å²) in [6, 6.07) is 9.35. The minimum Gasteiger partial charge on any atom is -0.484 e. The van der Waals surface area contributed by atoms with Gasteiger partial charge >= 0.3 is 0 Å². The van der Waals surface area contributed by atoms with Crippen molar-refractivity contribution in [2.24, 2.45) is 5.10 Å². The summed E-state index contributed by atoms with van der Waals surface area (Å²) in [5.74, 6) is 0.442. The summed E-state index contributed by atoms with van der Waals surface area (Å²) < 4.78 is 7.54. The quantitative estimate of drug-likeness (QED) is 0.330. The highest BCUT2D eigenvalue weighted by atomic mass is 79.9. The molecule has 0 aliphatic rings. The van der Waals surface area contributed by atoms with Crippen LogP contribution in [0.15, 0.2) is 39.9 Å². The molecule has 3 rings (SSSR count). The number of aryl methyl sites for hydroxylation is 2. The normalized spacial score (nSPS) is 11.6. The molecule has 0 fully saturated rings. The van der Waals surface area contributed by atoms with Gasteiger partial charge in [-0.1, -0.05) is 34.2 Å². The van der Waals surface area contributed by atoms with Crippen LogP contribution in [0.25, 0.3) is 10.2 Å². The van der Waals surface area contributed by atoms with Gasteiger partial charge in [-0.3, -0.25) is 10.2 Å². The van der Waals surface area contributed by atoms with Gasteiger partial charge in [0.2, 0.25) is 5.13 Å². The molecule has 0 aliphatic heterocycles. The molecule has 8 heteroatoms. The van der Waals surface area contributed by atoms with Crippen molar-refractivity contribution in [3.05, 3.63) is 45.9 Å². The van der Waals surface area contributed by atoms with E-state index in [-0.39, 0.29) is 12.5 Å². The lowest BCUT2D eigenvalue weighted by Gasteiger charge is -2.13. The van der Waals surface area contributed by atoms with E-state index in [1.807, 2.05) is 51.1 Å². The Morgan fingerprint density at radius 2 is 2.00 bits per heavy atom. The van der Waals surface area contributed by atoms with Crippen molar-refractivity contribution in [2.45, 2.75) is 34.1 Å². The summed E-state index contributed by atoms with van der Waals surface area (Å²) in [4.78, 5) is 17.0. The second-order valence-electron chi connectivity index (χ2n) is 6.66. The smallest absolute Gasteiger partial charge is 0.262 e. The van der Waals surface area contributed by atoms with Crippen molar-refractivity contribution in [1.82, 2.24) is 4.98 Å². The van der Waals surface area contributed by atoms with Crippen LogP contribution < -0.4 is 15.5 Å². The van der Waals surface area contributed by atoms with Crippen LogP contribution in [0, 0.1) is 13.8 Å². The molecule has 2 N–H and O–H groups in total. The number of halogens is 1. The van der Waals surface area contributed by atoms with Crippen LogP contribution in [0.4, 0.5) is 10.8 Å². The summed E-state index contributed by atoms with van der Waals surface area (Å²) in [6.07, 6.45) is 0.883. The van der Waals surface area contributed by atoms with Crippen LogP contribution in [0.2, 0.25) is 0 Å². The number of amides is 1. The lowest BCUT2D eigenvalue weighted by molar-refractivity contribution is -0.118. The number of carbonyl (C=O) groups excluding carboxylic acids is 1. The lowest BCUT2D eigenvalue weighted by Crippen LogP contribution is -2.21. The number of thiazole rings is 1. The predicted molar refractivity (Wildman–Crippen MR) is 124 cm³/mol. The topological polar surface area (TPSA) is 75.6 Å². The van der Waals surface area contributed by atoms with Crippen molar-refractivity contribution in [3.63, 3.8) is 0 Å². The Balaban J connectivity index is 1.74. The molecule has 1 amide bonds. The SMILES string of the molecule is CC/C(C)=N/Nc1nc2cc(C)c(NC(=O)COc3ccc(Br)cc3)c(C)c2s1. The summed E-state index contributed by atoms with van der Waals surface area (Å²) in [5, 5.41) is 8.03. The molecule has 0 spiro atoms. The Morgan fingerprint density at radius 3 is 2.69 bits per heavy atom. The molecular formula is C21H23BrN4O2S. The first-order valence-corrected chi connectivity index (χ1v) is 10.9. The minimum absolute atomic E-state index is 0.0565. The summed E-state index contributed by atoms with van der Waals surface area (Å²) in [5.41, 5.74) is 7.66. The van der Waals surface area contributed by atoms with Gasteiger partial charge in [-0.05, 0) is 68.7 Å². The van der Waals surface area contributed by atoms with Gasteiger partial charge in [0.15, 0.2) is 6.61 Å². The molecule has 0 saturated heterocycles. The number of benzene rings is 2. The Hall–Kier alpha value is -2.45. The molecule has 0 bridgehead atoms. The first-order chi connectivity index (χ1) is 13.9. The third kappa shape index (κ3) is 5.33. The average Bonchev–Trinajstić information content (AvgIpc) is 3.11. The maximum absolute atomic E-state index is 12.4. The van der Waals surface area contributed by atoms with E-state index in [4.69, 9.17) is 4.74 Å². The van der Waals surface area contributed by atoms with Gasteiger partial charge < -0.3 is 10.1 Å². The van der Waals surface area contributed by atoms with E-state index < -0.39 is 0 Å². The second-order valence-corrected chi connectivity index (χ2v) is 8.58. The molecular weight excluding hydrogens is 452 g/mol. The Morgan fingerprint density at radius 1 is 1.28 bits per heavy atom. The van der Waals surface area contributed by atoms with Gasteiger partial charge in [0.1, 0.15) is 5.75 Å². The fourth-order valence-corrected chi connectivity index (χ4v) is 3.86. The van der Waals surface area contributed by atoms with Gasteiger partial charge in [-0.15, -0.1) is 0 Å². The van der Waals surface area contributed by atoms with Crippen LogP contribution in [-0.2, 0) is 4.79 Å². The summed E-state index contributed by atoms with van der Waals surface area (Å²) in [6.45, 7) is 7.92. The zero-order valence-electron chi connectivity index (χ0n) is 16.8. The Labute approximate surface area is 182 Å². The zero-order valence-corrected chi connectivity index (χ0v) is 19.2. The van der Waals surface area contributed by atoms with Crippen molar-refractivity contribution < 1.29 is 9.53 Å². The van der Waals surface area contributed by atoms with E-state index in [0.29, 0.717) is 5.75 Å². The van der Waals surface area contributed by atoms with E-state index in [1.54, 1.807) is 0 Å². The summed E-state index contributed by atoms with van der Waals surface area (Å²) in [7, 11) is 0. The molecule has 6 nitrogen and oxygen atoms in total. The molecule has 0 unspecified atom stereocenters. The van der Waals surface area contributed by atoms with Gasteiger partial charge in [-0.25, -0.2) is 4.98 Å². The largest absolute Gasteiger partial charge is 0.484 e. The van der Waals surface area contributed by atoms with Crippen LogP contribution in [0.1, 0.15) is 31.4 Å². The maximum atomic E-state index is 12.4. The number of ether oxygens (including phenoxy) is 1. The van der Waals surface area contributed by atoms with E-state index >= 15 is 0 Å². The number of rotatable bonds is 7. The van der Waals surface area contributed by atoms with Crippen molar-refractivity contribution in [2.75, 3.05) is 17.3 Å². The molecule has 1 aromatic heterocycles. The first-order valence-electron chi connectivity index (χ1n) is 9.25. The lowest BCUT2D eigenvalue weighted by atomic mass is 10.1. The highest BCUT2D eigenvalue weighted by molar-refractivity contribution is 9.10. The number of nitrogens with one attached hydrogen (secondary N) is 2. The molecule has 3 aromatic rings. The third-order valence-electron chi connectivity index (χ3n) is 4.42. The van der Waals surface area contributed by atoms with E-state index in [0.717, 1.165) is 48.8 Å². The number of fused-ring (bicyclic) bond motifs is 1. The molecule has 1 heterocycles. The minimum atomic E-state index is -0.204. The highest BCUT2D eigenvalue weighted by Gasteiger charge is 2.15. The number of hydrogen-bond acceptors (Lipinski definition) is 6. The molecule has 0 saturated carbocycles. The standard InChI is InChI=1S/C21H23BrN4O2S/c1-5-13(3)25-26-21-23-17-10-12(2)19(14(4)20(17)29-21)24-18(27)11-28-16-8-6-15(22)7-9-16/h6-10H,5,11H2,1-4H3,(H,23,26)(H,24,27)/b25-13+. The molecule has 152 valence electrons. The van der Waals surface area contributed by atoms with Crippen LogP contribution in [-0.4, -0.2) is 23.2 Å². The Bertz CT molecular complexity index is 1060. The number of hydrogen-bond donors (Lipinski definition) is 2. The Kier molecular flexibility index (Phi) is 6.87. The van der Waals surface area contributed by atoms with Crippen LogP contribution >= 0.6 is 27.3 Å². The van der Waals surface area contributed by atoms with E-state index in [9.17, 15) is 4.79 Å². The molecule has 0 aliphatic carbocycles. The third-order valence-corrected chi connectivity index (χ3v) is 6.04. The number of nitrogens with zero attached hydrogens (tertiary/aromatic N) is 2. The number of anilines is 2. The maximum Gasteiger partial charge on any atom is 0.262 e. The van der Waals surface area contributed by atoms with Crippen LogP contribution in [0.5, 0.6) is 5.75 Å². The number of carbonyl (C=O) groups is 1. The monoisotopic (exact) mass is 474 g/mol. The van der Waals surface area contributed by atoms with Crippen LogP contribution in [0.3, 0.4) is 0 Å². The van der Waals surface area contributed by atoms with Crippen molar-refractivity contribution >= 4 is 59.9 Å². The predicted octanol–water partition coefficient (Wildman–Crippen LogP) is 5.89.